The molecule has 0 N–H and O–H groups in total. The predicted octanol–water partition coefficient (Wildman–Crippen LogP) is 5.74. The van der Waals surface area contributed by atoms with Crippen LogP contribution in [0.25, 0.3) is 26.9 Å². The Morgan fingerprint density at radius 3 is 2.43 bits per heavy atom. The molecule has 0 radical (unpaired) electrons. The van der Waals surface area contributed by atoms with Crippen LogP contribution in [-0.4, -0.2) is 24.6 Å². The summed E-state index contributed by atoms with van der Waals surface area (Å²) in [5.41, 5.74) is 6.59. The van der Waals surface area contributed by atoms with Gasteiger partial charge >= 0.3 is 0 Å². The van der Waals surface area contributed by atoms with Crippen LogP contribution in [0.4, 0.5) is 0 Å². The van der Waals surface area contributed by atoms with Crippen molar-refractivity contribution in [3.05, 3.63) is 53.1 Å². The van der Waals surface area contributed by atoms with E-state index in [0.29, 0.717) is 5.92 Å². The number of rotatable bonds is 5. The molecule has 28 heavy (non-hydrogen) atoms. The molecule has 4 aromatic rings. The van der Waals surface area contributed by atoms with Crippen molar-refractivity contribution in [1.29, 1.82) is 0 Å². The number of aromatic nitrogens is 5. The van der Waals surface area contributed by atoms with E-state index in [1.54, 1.807) is 23.7 Å². The summed E-state index contributed by atoms with van der Waals surface area (Å²) in [5, 5.41) is 4.84. The fraction of sp³-hybridized carbons (Fsp3) is 0.364. The maximum Gasteiger partial charge on any atom is 0.169 e. The molecule has 5 nitrogen and oxygen atoms in total. The molecule has 4 heterocycles. The van der Waals surface area contributed by atoms with Gasteiger partial charge in [-0.25, -0.2) is 19.5 Å². The van der Waals surface area contributed by atoms with Crippen LogP contribution in [0.5, 0.6) is 0 Å². The zero-order valence-electron chi connectivity index (χ0n) is 17.0. The monoisotopic (exact) mass is 391 g/mol. The molecule has 0 spiro atoms. The van der Waals surface area contributed by atoms with E-state index in [2.05, 4.69) is 56.7 Å². The molecule has 0 aliphatic heterocycles. The summed E-state index contributed by atoms with van der Waals surface area (Å²) in [5.74, 6) is 1.26. The average molecular weight is 392 g/mol. The largest absolute Gasteiger partial charge is 0.236 e. The Morgan fingerprint density at radius 1 is 1.04 bits per heavy atom. The van der Waals surface area contributed by atoms with Gasteiger partial charge in [-0.2, -0.15) is 5.10 Å². The first kappa shape index (κ1) is 18.7. The van der Waals surface area contributed by atoms with Crippen molar-refractivity contribution in [1.82, 2.24) is 24.6 Å². The number of fused-ring (bicyclic) bond motifs is 1. The minimum atomic E-state index is 0.497. The zero-order chi connectivity index (χ0) is 19.8. The third kappa shape index (κ3) is 3.11. The Labute approximate surface area is 169 Å². The van der Waals surface area contributed by atoms with E-state index < -0.39 is 0 Å². The van der Waals surface area contributed by atoms with Crippen LogP contribution in [0.15, 0.2) is 30.6 Å². The third-order valence-corrected chi connectivity index (χ3v) is 6.49. The van der Waals surface area contributed by atoms with Gasteiger partial charge in [0.25, 0.3) is 0 Å². The van der Waals surface area contributed by atoms with Gasteiger partial charge in [-0.3, -0.25) is 0 Å². The van der Waals surface area contributed by atoms with Crippen LogP contribution in [0.1, 0.15) is 55.1 Å². The molecule has 0 saturated heterocycles. The summed E-state index contributed by atoms with van der Waals surface area (Å²) in [7, 11) is 0. The number of nitrogens with zero attached hydrogens (tertiary/aromatic N) is 5. The van der Waals surface area contributed by atoms with Crippen molar-refractivity contribution < 1.29 is 0 Å². The van der Waals surface area contributed by atoms with E-state index in [4.69, 9.17) is 10.1 Å². The van der Waals surface area contributed by atoms with Crippen molar-refractivity contribution in [2.75, 3.05) is 0 Å². The van der Waals surface area contributed by atoms with Crippen LogP contribution in [-0.2, 0) is 0 Å². The molecule has 0 aliphatic carbocycles. The first-order chi connectivity index (χ1) is 13.5. The molecule has 0 atom stereocenters. The molecule has 144 valence electrons. The van der Waals surface area contributed by atoms with Gasteiger partial charge in [0.15, 0.2) is 11.5 Å². The van der Waals surface area contributed by atoms with E-state index in [1.807, 2.05) is 10.6 Å². The van der Waals surface area contributed by atoms with Crippen molar-refractivity contribution in [3.63, 3.8) is 0 Å². The van der Waals surface area contributed by atoms with Gasteiger partial charge in [0.05, 0.1) is 21.1 Å². The first-order valence-corrected chi connectivity index (χ1v) is 10.6. The molecule has 6 heteroatoms. The van der Waals surface area contributed by atoms with Crippen LogP contribution in [0.2, 0.25) is 0 Å². The maximum atomic E-state index is 4.95. The molecule has 0 aliphatic rings. The molecule has 4 rings (SSSR count). The van der Waals surface area contributed by atoms with Crippen LogP contribution < -0.4 is 0 Å². The average Bonchev–Trinajstić information content (AvgIpc) is 3.22. The molecule has 4 aromatic heterocycles. The van der Waals surface area contributed by atoms with Crippen molar-refractivity contribution in [2.45, 2.75) is 53.4 Å². The zero-order valence-corrected chi connectivity index (χ0v) is 17.8. The van der Waals surface area contributed by atoms with Crippen molar-refractivity contribution >= 4 is 17.0 Å². The van der Waals surface area contributed by atoms with Crippen molar-refractivity contribution in [3.8, 4) is 21.3 Å². The Hall–Kier alpha value is -2.60. The lowest BCUT2D eigenvalue weighted by Gasteiger charge is -2.14. The second-order valence-corrected chi connectivity index (χ2v) is 8.28. The molecule has 0 saturated carbocycles. The Bertz CT molecular complexity index is 1120. The van der Waals surface area contributed by atoms with Crippen molar-refractivity contribution in [2.24, 2.45) is 0 Å². The molecular weight excluding hydrogens is 366 g/mol. The normalized spacial score (nSPS) is 11.6. The summed E-state index contributed by atoms with van der Waals surface area (Å²) in [6, 6.07) is 6.20. The molecule has 0 unspecified atom stereocenters. The van der Waals surface area contributed by atoms with Gasteiger partial charge in [0, 0.05) is 18.0 Å². The molecule has 0 fully saturated rings. The highest BCUT2D eigenvalue weighted by Gasteiger charge is 2.22. The fourth-order valence-corrected chi connectivity index (χ4v) is 5.02. The van der Waals surface area contributed by atoms with Crippen LogP contribution in [0, 0.1) is 20.8 Å². The first-order valence-electron chi connectivity index (χ1n) is 9.78. The second-order valence-electron chi connectivity index (χ2n) is 7.23. The minimum absolute atomic E-state index is 0.497. The van der Waals surface area contributed by atoms with Crippen LogP contribution >= 0.6 is 11.3 Å². The van der Waals surface area contributed by atoms with E-state index >= 15 is 0 Å². The van der Waals surface area contributed by atoms with E-state index in [1.165, 1.54) is 16.0 Å². The van der Waals surface area contributed by atoms with Gasteiger partial charge in [-0.1, -0.05) is 13.8 Å². The van der Waals surface area contributed by atoms with E-state index in [0.717, 1.165) is 46.3 Å². The maximum absolute atomic E-state index is 4.95. The van der Waals surface area contributed by atoms with Crippen LogP contribution in [0.3, 0.4) is 0 Å². The predicted molar refractivity (Wildman–Crippen MR) is 115 cm³/mol. The quantitative estimate of drug-likeness (QED) is 0.435. The Kier molecular flexibility index (Phi) is 4.98. The van der Waals surface area contributed by atoms with Gasteiger partial charge in [0.2, 0.25) is 0 Å². The van der Waals surface area contributed by atoms with E-state index in [-0.39, 0.29) is 0 Å². The minimum Gasteiger partial charge on any atom is -0.236 e. The Balaban J connectivity index is 1.93. The standard InChI is InChI=1S/C22H25N5S/c1-6-16(7-2)17-12-14(4)26-27-19(15(5)25-22(17)27)20-13(3)11-18(28-20)21-23-9-8-10-24-21/h8-12,16H,6-7H2,1-5H3. The molecule has 0 amide bonds. The molecule has 0 bridgehead atoms. The van der Waals surface area contributed by atoms with Gasteiger partial charge in [-0.05, 0) is 63.3 Å². The topological polar surface area (TPSA) is 56.0 Å². The summed E-state index contributed by atoms with van der Waals surface area (Å²) >= 11 is 1.71. The number of aryl methyl sites for hydroxylation is 3. The van der Waals surface area contributed by atoms with Gasteiger partial charge < -0.3 is 0 Å². The molecule has 0 aromatic carbocycles. The fourth-order valence-electron chi connectivity index (χ4n) is 3.82. The Morgan fingerprint density at radius 2 is 1.75 bits per heavy atom. The lowest BCUT2D eigenvalue weighted by molar-refractivity contribution is 0.638. The highest BCUT2D eigenvalue weighted by molar-refractivity contribution is 7.19. The lowest BCUT2D eigenvalue weighted by atomic mass is 9.95. The highest BCUT2D eigenvalue weighted by Crippen LogP contribution is 2.39. The molecular formula is C22H25N5S. The lowest BCUT2D eigenvalue weighted by Crippen LogP contribution is -2.05. The number of thiophene rings is 1. The highest BCUT2D eigenvalue weighted by atomic mass is 32.1. The summed E-state index contributed by atoms with van der Waals surface area (Å²) in [4.78, 5) is 16.0. The summed E-state index contributed by atoms with van der Waals surface area (Å²) < 4.78 is 2.05. The SMILES string of the molecule is CCC(CC)c1cc(C)nn2c(-c3sc(-c4ncccn4)cc3C)c(C)nc12. The number of hydrogen-bond donors (Lipinski definition) is 0. The summed E-state index contributed by atoms with van der Waals surface area (Å²) in [6.07, 6.45) is 5.77. The number of hydrogen-bond acceptors (Lipinski definition) is 5. The third-order valence-electron chi connectivity index (χ3n) is 5.25. The van der Waals surface area contributed by atoms with Gasteiger partial charge in [-0.15, -0.1) is 11.3 Å². The summed E-state index contributed by atoms with van der Waals surface area (Å²) in [6.45, 7) is 10.8. The second kappa shape index (κ2) is 7.43. The van der Waals surface area contributed by atoms with Gasteiger partial charge in [0.1, 0.15) is 5.69 Å². The number of imidazole rings is 1. The smallest absolute Gasteiger partial charge is 0.169 e. The van der Waals surface area contributed by atoms with E-state index in [9.17, 15) is 0 Å².